The van der Waals surface area contributed by atoms with Gasteiger partial charge in [-0.1, -0.05) is 17.3 Å². The number of rotatable bonds is 2. The van der Waals surface area contributed by atoms with Crippen molar-refractivity contribution in [3.05, 3.63) is 65.7 Å². The SMILES string of the molecule is Cn1c(Cc2noc3ccccc23)nc2cnc3ccc(C#N)cc3c21. The van der Waals surface area contributed by atoms with Gasteiger partial charge in [0, 0.05) is 17.8 Å². The van der Waals surface area contributed by atoms with Gasteiger partial charge in [0.2, 0.25) is 0 Å². The fourth-order valence-corrected chi connectivity index (χ4v) is 3.39. The molecule has 6 nitrogen and oxygen atoms in total. The number of pyridine rings is 1. The fraction of sp³-hybridized carbons (Fsp3) is 0.100. The van der Waals surface area contributed by atoms with E-state index in [-0.39, 0.29) is 0 Å². The molecule has 0 fully saturated rings. The average Bonchev–Trinajstić information content (AvgIpc) is 3.23. The number of aromatic nitrogens is 4. The van der Waals surface area contributed by atoms with Gasteiger partial charge in [-0.15, -0.1) is 0 Å². The van der Waals surface area contributed by atoms with Crippen LogP contribution in [0.5, 0.6) is 0 Å². The van der Waals surface area contributed by atoms with Crippen molar-refractivity contribution >= 4 is 32.9 Å². The fourth-order valence-electron chi connectivity index (χ4n) is 3.39. The molecular weight excluding hydrogens is 326 g/mol. The van der Waals surface area contributed by atoms with Crippen molar-refractivity contribution in [2.45, 2.75) is 6.42 Å². The molecule has 0 aliphatic rings. The van der Waals surface area contributed by atoms with Crippen LogP contribution in [-0.4, -0.2) is 19.7 Å². The summed E-state index contributed by atoms with van der Waals surface area (Å²) in [7, 11) is 1.98. The first-order chi connectivity index (χ1) is 12.7. The summed E-state index contributed by atoms with van der Waals surface area (Å²) in [5, 5.41) is 15.3. The van der Waals surface area contributed by atoms with E-state index in [1.54, 1.807) is 12.3 Å². The normalized spacial score (nSPS) is 11.4. The minimum Gasteiger partial charge on any atom is -0.356 e. The predicted octanol–water partition coefficient (Wildman–Crippen LogP) is 3.73. The van der Waals surface area contributed by atoms with Crippen LogP contribution in [0.4, 0.5) is 0 Å². The molecule has 0 unspecified atom stereocenters. The molecule has 0 aliphatic heterocycles. The van der Waals surface area contributed by atoms with Gasteiger partial charge in [0.1, 0.15) is 11.3 Å². The van der Waals surface area contributed by atoms with Gasteiger partial charge in [-0.25, -0.2) is 4.98 Å². The molecular formula is C20H13N5O. The third kappa shape index (κ3) is 2.07. The van der Waals surface area contributed by atoms with Crippen molar-refractivity contribution < 1.29 is 4.52 Å². The molecule has 26 heavy (non-hydrogen) atoms. The van der Waals surface area contributed by atoms with Crippen LogP contribution < -0.4 is 0 Å². The van der Waals surface area contributed by atoms with Crippen LogP contribution in [0.25, 0.3) is 32.9 Å². The molecule has 5 rings (SSSR count). The summed E-state index contributed by atoms with van der Waals surface area (Å²) >= 11 is 0. The predicted molar refractivity (Wildman–Crippen MR) is 97.5 cm³/mol. The van der Waals surface area contributed by atoms with Crippen molar-refractivity contribution in [1.82, 2.24) is 19.7 Å². The number of aryl methyl sites for hydroxylation is 1. The number of fused-ring (bicyclic) bond motifs is 4. The molecule has 2 aromatic carbocycles. The summed E-state index contributed by atoms with van der Waals surface area (Å²) in [6.07, 6.45) is 2.33. The van der Waals surface area contributed by atoms with Gasteiger partial charge in [0.15, 0.2) is 5.58 Å². The molecule has 3 aromatic heterocycles. The summed E-state index contributed by atoms with van der Waals surface area (Å²) in [4.78, 5) is 9.20. The molecule has 5 aromatic rings. The van der Waals surface area contributed by atoms with Crippen LogP contribution >= 0.6 is 0 Å². The zero-order valence-electron chi connectivity index (χ0n) is 14.0. The maximum Gasteiger partial charge on any atom is 0.167 e. The number of nitrogens with zero attached hydrogens (tertiary/aromatic N) is 5. The van der Waals surface area contributed by atoms with Crippen LogP contribution in [0.1, 0.15) is 17.1 Å². The Kier molecular flexibility index (Phi) is 3.03. The van der Waals surface area contributed by atoms with Gasteiger partial charge in [-0.2, -0.15) is 5.26 Å². The highest BCUT2D eigenvalue weighted by Crippen LogP contribution is 2.27. The Morgan fingerprint density at radius 2 is 2.00 bits per heavy atom. The van der Waals surface area contributed by atoms with Crippen LogP contribution in [-0.2, 0) is 13.5 Å². The first kappa shape index (κ1) is 14.6. The molecule has 0 atom stereocenters. The Hall–Kier alpha value is -3.72. The summed E-state index contributed by atoms with van der Waals surface area (Å²) in [6, 6.07) is 15.5. The third-order valence-corrected chi connectivity index (χ3v) is 4.70. The highest BCUT2D eigenvalue weighted by molar-refractivity contribution is 6.02. The maximum absolute atomic E-state index is 9.20. The Morgan fingerprint density at radius 3 is 2.88 bits per heavy atom. The first-order valence-electron chi connectivity index (χ1n) is 8.22. The molecule has 0 radical (unpaired) electrons. The molecule has 0 saturated heterocycles. The molecule has 0 aliphatic carbocycles. The largest absolute Gasteiger partial charge is 0.356 e. The van der Waals surface area contributed by atoms with Gasteiger partial charge >= 0.3 is 0 Å². The molecule has 0 saturated carbocycles. The Balaban J connectivity index is 1.70. The number of hydrogen-bond acceptors (Lipinski definition) is 5. The van der Waals surface area contributed by atoms with E-state index in [0.717, 1.165) is 44.4 Å². The summed E-state index contributed by atoms with van der Waals surface area (Å²) in [5.41, 5.74) is 4.85. The number of benzene rings is 2. The number of para-hydroxylation sites is 1. The monoisotopic (exact) mass is 339 g/mol. The van der Waals surface area contributed by atoms with Crippen molar-refractivity contribution in [2.75, 3.05) is 0 Å². The second kappa shape index (κ2) is 5.39. The van der Waals surface area contributed by atoms with Gasteiger partial charge in [0.25, 0.3) is 0 Å². The van der Waals surface area contributed by atoms with E-state index >= 15 is 0 Å². The second-order valence-corrected chi connectivity index (χ2v) is 6.23. The Labute approximate surface area is 148 Å². The highest BCUT2D eigenvalue weighted by Gasteiger charge is 2.16. The summed E-state index contributed by atoms with van der Waals surface area (Å²) < 4.78 is 7.45. The Morgan fingerprint density at radius 1 is 1.12 bits per heavy atom. The van der Waals surface area contributed by atoms with Crippen LogP contribution in [0, 0.1) is 11.3 Å². The standard InChI is InChI=1S/C20H13N5O/c1-25-19(9-16-13-4-2-3-5-18(13)26-24-16)23-17-11-22-15-7-6-12(10-21)8-14(15)20(17)25/h2-8,11H,9H2,1H3. The lowest BCUT2D eigenvalue weighted by atomic mass is 10.1. The van der Waals surface area contributed by atoms with E-state index in [9.17, 15) is 5.26 Å². The van der Waals surface area contributed by atoms with Crippen LogP contribution in [0.15, 0.2) is 53.2 Å². The maximum atomic E-state index is 9.20. The minimum absolute atomic E-state index is 0.557. The van der Waals surface area contributed by atoms with Crippen molar-refractivity contribution in [3.63, 3.8) is 0 Å². The van der Waals surface area contributed by atoms with E-state index in [2.05, 4.69) is 16.2 Å². The molecule has 124 valence electrons. The topological polar surface area (TPSA) is 80.5 Å². The average molecular weight is 339 g/mol. The zero-order chi connectivity index (χ0) is 17.7. The number of hydrogen-bond donors (Lipinski definition) is 0. The summed E-state index contributed by atoms with van der Waals surface area (Å²) in [5.74, 6) is 0.871. The first-order valence-corrected chi connectivity index (χ1v) is 8.22. The minimum atomic E-state index is 0.557. The van der Waals surface area contributed by atoms with Crippen LogP contribution in [0.2, 0.25) is 0 Å². The van der Waals surface area contributed by atoms with E-state index in [1.165, 1.54) is 0 Å². The molecule has 6 heteroatoms. The molecule has 0 spiro atoms. The molecule has 3 heterocycles. The van der Waals surface area contributed by atoms with E-state index in [0.29, 0.717) is 12.0 Å². The van der Waals surface area contributed by atoms with Crippen LogP contribution in [0.3, 0.4) is 0 Å². The lowest BCUT2D eigenvalue weighted by Gasteiger charge is -2.04. The molecule has 0 amide bonds. The quantitative estimate of drug-likeness (QED) is 0.489. The van der Waals surface area contributed by atoms with E-state index in [4.69, 9.17) is 9.51 Å². The number of nitriles is 1. The molecule has 0 bridgehead atoms. The summed E-state index contributed by atoms with van der Waals surface area (Å²) in [6.45, 7) is 0. The lowest BCUT2D eigenvalue weighted by Crippen LogP contribution is -2.00. The lowest BCUT2D eigenvalue weighted by molar-refractivity contribution is 0.447. The van der Waals surface area contributed by atoms with Gasteiger partial charge in [-0.05, 0) is 30.3 Å². The van der Waals surface area contributed by atoms with Gasteiger partial charge in [0.05, 0.1) is 41.0 Å². The highest BCUT2D eigenvalue weighted by atomic mass is 16.5. The third-order valence-electron chi connectivity index (χ3n) is 4.70. The van der Waals surface area contributed by atoms with Gasteiger partial charge in [-0.3, -0.25) is 4.98 Å². The second-order valence-electron chi connectivity index (χ2n) is 6.23. The molecule has 0 N–H and O–H groups in total. The van der Waals surface area contributed by atoms with Crippen molar-refractivity contribution in [2.24, 2.45) is 7.05 Å². The smallest absolute Gasteiger partial charge is 0.167 e. The Bertz CT molecular complexity index is 1340. The van der Waals surface area contributed by atoms with E-state index < -0.39 is 0 Å². The van der Waals surface area contributed by atoms with Crippen molar-refractivity contribution in [1.29, 1.82) is 5.26 Å². The zero-order valence-corrected chi connectivity index (χ0v) is 14.0. The van der Waals surface area contributed by atoms with E-state index in [1.807, 2.05) is 48.0 Å². The van der Waals surface area contributed by atoms with Gasteiger partial charge < -0.3 is 9.09 Å². The van der Waals surface area contributed by atoms with Crippen molar-refractivity contribution in [3.8, 4) is 6.07 Å². The number of imidazole rings is 1.